The number of benzene rings is 1. The lowest BCUT2D eigenvalue weighted by atomic mass is 10.1. The van der Waals surface area contributed by atoms with Crippen molar-refractivity contribution >= 4 is 17.6 Å². The number of carbonyl (C=O) groups is 2. The monoisotopic (exact) mass is 311 g/mol. The lowest BCUT2D eigenvalue weighted by molar-refractivity contribution is -0.116. The molecule has 0 aliphatic rings. The van der Waals surface area contributed by atoms with Crippen LogP contribution < -0.4 is 14.8 Å². The fourth-order valence-corrected chi connectivity index (χ4v) is 1.87. The second kappa shape index (κ2) is 8.89. The van der Waals surface area contributed by atoms with Gasteiger partial charge in [0.15, 0.2) is 11.5 Å². The zero-order chi connectivity index (χ0) is 16.5. The highest BCUT2D eigenvalue weighted by Crippen LogP contribution is 2.36. The van der Waals surface area contributed by atoms with Gasteiger partial charge in [-0.1, -0.05) is 0 Å². The summed E-state index contributed by atoms with van der Waals surface area (Å²) in [6, 6.07) is 2.68. The third-order valence-electron chi connectivity index (χ3n) is 2.90. The Kier molecular flexibility index (Phi) is 7.18. The minimum absolute atomic E-state index is 0.00210. The van der Waals surface area contributed by atoms with E-state index in [4.69, 9.17) is 19.3 Å². The van der Waals surface area contributed by atoms with Gasteiger partial charge in [-0.15, -0.1) is 0 Å². The predicted octanol–water partition coefficient (Wildman–Crippen LogP) is 2.16. The van der Waals surface area contributed by atoms with Gasteiger partial charge in [0.2, 0.25) is 5.91 Å². The van der Waals surface area contributed by atoms with Crippen molar-refractivity contribution in [3.8, 4) is 11.5 Å². The van der Waals surface area contributed by atoms with Crippen molar-refractivity contribution in [1.29, 1.82) is 0 Å². The average Bonchev–Trinajstić information content (AvgIpc) is 2.50. The van der Waals surface area contributed by atoms with Crippen LogP contribution >= 0.6 is 0 Å². The molecule has 0 heterocycles. The largest absolute Gasteiger partial charge is 0.493 e. The number of carbonyl (C=O) groups excluding carboxylic acids is 1. The Morgan fingerprint density at radius 1 is 1.23 bits per heavy atom. The lowest BCUT2D eigenvalue weighted by Gasteiger charge is -2.14. The normalized spacial score (nSPS) is 10.1. The van der Waals surface area contributed by atoms with Gasteiger partial charge in [-0.2, -0.15) is 0 Å². The second-order valence-electron chi connectivity index (χ2n) is 4.41. The Morgan fingerprint density at radius 2 is 1.95 bits per heavy atom. The van der Waals surface area contributed by atoms with Gasteiger partial charge in [-0.3, -0.25) is 4.79 Å². The van der Waals surface area contributed by atoms with E-state index >= 15 is 0 Å². The Hall–Kier alpha value is -2.28. The molecule has 0 saturated carbocycles. The highest BCUT2D eigenvalue weighted by atomic mass is 16.5. The number of carboxylic acid groups (broad SMARTS) is 1. The first kappa shape index (κ1) is 17.8. The number of aromatic carboxylic acids is 1. The van der Waals surface area contributed by atoms with Gasteiger partial charge in [0.1, 0.15) is 0 Å². The van der Waals surface area contributed by atoms with E-state index in [0.717, 1.165) is 0 Å². The molecule has 0 aliphatic heterocycles. The average molecular weight is 311 g/mol. The Balaban J connectivity index is 2.89. The van der Waals surface area contributed by atoms with Crippen molar-refractivity contribution in [1.82, 2.24) is 0 Å². The molecule has 0 aromatic heterocycles. The molecule has 0 aliphatic carbocycles. The van der Waals surface area contributed by atoms with Crippen molar-refractivity contribution in [2.75, 3.05) is 32.8 Å². The number of anilines is 1. The number of carboxylic acids is 1. The van der Waals surface area contributed by atoms with Crippen LogP contribution in [-0.4, -0.2) is 44.4 Å². The van der Waals surface area contributed by atoms with Gasteiger partial charge >= 0.3 is 5.97 Å². The molecule has 22 heavy (non-hydrogen) atoms. The van der Waals surface area contributed by atoms with E-state index in [1.165, 1.54) is 26.4 Å². The summed E-state index contributed by atoms with van der Waals surface area (Å²) in [5.74, 6) is -0.840. The van der Waals surface area contributed by atoms with Crippen LogP contribution in [-0.2, 0) is 9.53 Å². The van der Waals surface area contributed by atoms with Crippen LogP contribution in [0.5, 0.6) is 11.5 Å². The second-order valence-corrected chi connectivity index (χ2v) is 4.41. The molecule has 0 radical (unpaired) electrons. The lowest BCUT2D eigenvalue weighted by Crippen LogP contribution is -2.14. The highest BCUT2D eigenvalue weighted by molar-refractivity contribution is 5.96. The van der Waals surface area contributed by atoms with E-state index in [0.29, 0.717) is 19.6 Å². The third kappa shape index (κ3) is 4.92. The molecular weight excluding hydrogens is 290 g/mol. The summed E-state index contributed by atoms with van der Waals surface area (Å²) in [5, 5.41) is 11.7. The Labute approximate surface area is 129 Å². The maximum Gasteiger partial charge on any atom is 0.335 e. The molecule has 0 spiro atoms. The summed E-state index contributed by atoms with van der Waals surface area (Å²) < 4.78 is 15.5. The predicted molar refractivity (Wildman–Crippen MR) is 80.9 cm³/mol. The minimum Gasteiger partial charge on any atom is -0.493 e. The molecule has 1 aromatic carbocycles. The Morgan fingerprint density at radius 3 is 2.50 bits per heavy atom. The van der Waals surface area contributed by atoms with Gasteiger partial charge in [-0.25, -0.2) is 4.79 Å². The van der Waals surface area contributed by atoms with Crippen molar-refractivity contribution in [3.63, 3.8) is 0 Å². The molecule has 1 rings (SSSR count). The van der Waals surface area contributed by atoms with Crippen molar-refractivity contribution in [3.05, 3.63) is 17.7 Å². The van der Waals surface area contributed by atoms with E-state index in [-0.39, 0.29) is 35.1 Å². The summed E-state index contributed by atoms with van der Waals surface area (Å²) in [6.07, 6.45) is 0.848. The molecule has 1 amide bonds. The van der Waals surface area contributed by atoms with Crippen molar-refractivity contribution in [2.45, 2.75) is 19.8 Å². The van der Waals surface area contributed by atoms with Crippen LogP contribution in [0.25, 0.3) is 0 Å². The zero-order valence-corrected chi connectivity index (χ0v) is 13.0. The fourth-order valence-electron chi connectivity index (χ4n) is 1.87. The molecule has 0 atom stereocenters. The van der Waals surface area contributed by atoms with Crippen LogP contribution in [0.3, 0.4) is 0 Å². The van der Waals surface area contributed by atoms with E-state index < -0.39 is 5.97 Å². The van der Waals surface area contributed by atoms with Gasteiger partial charge < -0.3 is 24.6 Å². The molecule has 7 heteroatoms. The van der Waals surface area contributed by atoms with Gasteiger partial charge in [0.05, 0.1) is 25.5 Å². The van der Waals surface area contributed by atoms with Crippen molar-refractivity contribution in [2.24, 2.45) is 0 Å². The molecule has 0 unspecified atom stereocenters. The van der Waals surface area contributed by atoms with Crippen LogP contribution in [0.4, 0.5) is 5.69 Å². The molecule has 122 valence electrons. The number of rotatable bonds is 9. The highest BCUT2D eigenvalue weighted by Gasteiger charge is 2.17. The first-order chi connectivity index (χ1) is 10.5. The van der Waals surface area contributed by atoms with Gasteiger partial charge in [0, 0.05) is 19.6 Å². The summed E-state index contributed by atoms with van der Waals surface area (Å²) in [7, 11) is 2.82. The zero-order valence-electron chi connectivity index (χ0n) is 13.0. The quantitative estimate of drug-likeness (QED) is 0.679. The van der Waals surface area contributed by atoms with E-state index in [1.807, 2.05) is 6.92 Å². The van der Waals surface area contributed by atoms with Crippen LogP contribution in [0.1, 0.15) is 30.1 Å². The SMILES string of the molecule is CCOCCCC(=O)Nc1cc(C(=O)O)cc(OC)c1OC. The summed E-state index contributed by atoms with van der Waals surface area (Å²) in [5.41, 5.74) is 0.267. The van der Waals surface area contributed by atoms with Crippen LogP contribution in [0.15, 0.2) is 12.1 Å². The standard InChI is InChI=1S/C15H21NO6/c1-4-22-7-5-6-13(17)16-11-8-10(15(18)19)9-12(20-2)14(11)21-3/h8-9H,4-7H2,1-3H3,(H,16,17)(H,18,19). The summed E-state index contributed by atoms with van der Waals surface area (Å²) in [6.45, 7) is 2.99. The number of amides is 1. The topological polar surface area (TPSA) is 94.1 Å². The third-order valence-corrected chi connectivity index (χ3v) is 2.90. The number of hydrogen-bond donors (Lipinski definition) is 2. The van der Waals surface area contributed by atoms with Crippen LogP contribution in [0, 0.1) is 0 Å². The fraction of sp³-hybridized carbons (Fsp3) is 0.467. The maximum atomic E-state index is 11.9. The van der Waals surface area contributed by atoms with Gasteiger partial charge in [-0.05, 0) is 25.5 Å². The minimum atomic E-state index is -1.12. The number of methoxy groups -OCH3 is 2. The van der Waals surface area contributed by atoms with E-state index in [2.05, 4.69) is 5.32 Å². The van der Waals surface area contributed by atoms with E-state index in [1.54, 1.807) is 0 Å². The number of hydrogen-bond acceptors (Lipinski definition) is 5. The van der Waals surface area contributed by atoms with Crippen LogP contribution in [0.2, 0.25) is 0 Å². The van der Waals surface area contributed by atoms with Gasteiger partial charge in [0.25, 0.3) is 0 Å². The summed E-state index contributed by atoms with van der Waals surface area (Å²) >= 11 is 0. The maximum absolute atomic E-state index is 11.9. The number of ether oxygens (including phenoxy) is 3. The molecular formula is C15H21NO6. The molecule has 2 N–H and O–H groups in total. The smallest absolute Gasteiger partial charge is 0.335 e. The summed E-state index contributed by atoms with van der Waals surface area (Å²) in [4.78, 5) is 23.0. The van der Waals surface area contributed by atoms with E-state index in [9.17, 15) is 9.59 Å². The Bertz CT molecular complexity index is 529. The molecule has 0 bridgehead atoms. The molecule has 7 nitrogen and oxygen atoms in total. The molecule has 0 saturated heterocycles. The van der Waals surface area contributed by atoms with Crippen molar-refractivity contribution < 1.29 is 28.9 Å². The first-order valence-electron chi connectivity index (χ1n) is 6.90. The molecule has 1 aromatic rings. The molecule has 0 fully saturated rings. The first-order valence-corrected chi connectivity index (χ1v) is 6.90. The number of nitrogens with one attached hydrogen (secondary N) is 1.